The van der Waals surface area contributed by atoms with E-state index in [1.807, 2.05) is 0 Å². The van der Waals surface area contributed by atoms with Crippen molar-refractivity contribution in [3.63, 3.8) is 0 Å². The van der Waals surface area contributed by atoms with Crippen LogP contribution in [0.2, 0.25) is 0 Å². The lowest BCUT2D eigenvalue weighted by Crippen LogP contribution is -2.53. The van der Waals surface area contributed by atoms with Crippen LogP contribution in [0, 0.1) is 11.6 Å². The number of carbonyl (C=O) groups is 1. The van der Waals surface area contributed by atoms with Gasteiger partial charge in [-0.25, -0.2) is 8.78 Å². The van der Waals surface area contributed by atoms with Crippen LogP contribution in [0.1, 0.15) is 23.7 Å². The molecule has 1 heterocycles. The number of nitrogens with two attached hydrogens (primary N) is 1. The van der Waals surface area contributed by atoms with Crippen molar-refractivity contribution in [2.45, 2.75) is 19.4 Å². The van der Waals surface area contributed by atoms with Crippen LogP contribution in [0.4, 0.5) is 8.78 Å². The van der Waals surface area contributed by atoms with E-state index in [1.165, 1.54) is 0 Å². The number of nitrogens with zero attached hydrogens (tertiary/aromatic N) is 2. The molecule has 21 heavy (non-hydrogen) atoms. The third kappa shape index (κ3) is 3.57. The van der Waals surface area contributed by atoms with E-state index in [4.69, 9.17) is 5.73 Å². The second kappa shape index (κ2) is 6.95. The summed E-state index contributed by atoms with van der Waals surface area (Å²) in [7, 11) is 0. The first-order chi connectivity index (χ1) is 10.1. The quantitative estimate of drug-likeness (QED) is 0.915. The van der Waals surface area contributed by atoms with E-state index in [9.17, 15) is 13.6 Å². The number of hydrogen-bond acceptors (Lipinski definition) is 3. The summed E-state index contributed by atoms with van der Waals surface area (Å²) in [6, 6.07) is 3.27. The van der Waals surface area contributed by atoms with Crippen molar-refractivity contribution in [1.82, 2.24) is 9.80 Å². The Morgan fingerprint density at radius 3 is 2.52 bits per heavy atom. The summed E-state index contributed by atoms with van der Waals surface area (Å²) in [5, 5.41) is 0. The van der Waals surface area contributed by atoms with E-state index in [1.54, 1.807) is 4.90 Å². The molecule has 4 nitrogen and oxygen atoms in total. The SMILES string of the molecule is CCC(CN)N1CCN(C(=O)c2cc(F)ccc2F)CC1. The monoisotopic (exact) mass is 297 g/mol. The molecule has 1 aliphatic rings. The van der Waals surface area contributed by atoms with Gasteiger partial charge >= 0.3 is 0 Å². The van der Waals surface area contributed by atoms with E-state index in [0.29, 0.717) is 38.8 Å². The highest BCUT2D eigenvalue weighted by Crippen LogP contribution is 2.15. The lowest BCUT2D eigenvalue weighted by molar-refractivity contribution is 0.0567. The summed E-state index contributed by atoms with van der Waals surface area (Å²) in [6.45, 7) is 5.09. The Morgan fingerprint density at radius 2 is 1.95 bits per heavy atom. The summed E-state index contributed by atoms with van der Waals surface area (Å²) >= 11 is 0. The van der Waals surface area contributed by atoms with Crippen LogP contribution in [-0.4, -0.2) is 54.5 Å². The molecule has 1 amide bonds. The Kier molecular flexibility index (Phi) is 5.25. The third-order valence-electron chi connectivity index (χ3n) is 4.02. The molecule has 1 fully saturated rings. The molecule has 2 rings (SSSR count). The maximum absolute atomic E-state index is 13.6. The van der Waals surface area contributed by atoms with E-state index >= 15 is 0 Å². The minimum Gasteiger partial charge on any atom is -0.336 e. The smallest absolute Gasteiger partial charge is 0.257 e. The van der Waals surface area contributed by atoms with Crippen LogP contribution >= 0.6 is 0 Å². The lowest BCUT2D eigenvalue weighted by Gasteiger charge is -2.38. The average molecular weight is 297 g/mol. The third-order valence-corrected chi connectivity index (χ3v) is 4.02. The summed E-state index contributed by atoms with van der Waals surface area (Å²) in [5.41, 5.74) is 5.52. The molecule has 1 atom stereocenters. The Morgan fingerprint density at radius 1 is 1.29 bits per heavy atom. The van der Waals surface area contributed by atoms with Crippen molar-refractivity contribution < 1.29 is 13.6 Å². The van der Waals surface area contributed by atoms with Crippen LogP contribution in [0.5, 0.6) is 0 Å². The highest BCUT2D eigenvalue weighted by molar-refractivity contribution is 5.94. The fourth-order valence-electron chi connectivity index (χ4n) is 2.70. The predicted octanol–water partition coefficient (Wildman–Crippen LogP) is 1.46. The van der Waals surface area contributed by atoms with Crippen LogP contribution in [0.25, 0.3) is 0 Å². The predicted molar refractivity (Wildman–Crippen MR) is 77.0 cm³/mol. The summed E-state index contributed by atoms with van der Waals surface area (Å²) in [6.07, 6.45) is 0.961. The van der Waals surface area contributed by atoms with Gasteiger partial charge in [0.05, 0.1) is 5.56 Å². The van der Waals surface area contributed by atoms with Crippen LogP contribution < -0.4 is 5.73 Å². The molecule has 1 saturated heterocycles. The van der Waals surface area contributed by atoms with E-state index in [0.717, 1.165) is 24.6 Å². The largest absolute Gasteiger partial charge is 0.336 e. The molecule has 0 aliphatic carbocycles. The molecule has 6 heteroatoms. The number of amides is 1. The number of halogens is 2. The Labute approximate surface area is 123 Å². The standard InChI is InChI=1S/C15H21F2N3O/c1-2-12(10-18)19-5-7-20(8-6-19)15(21)13-9-11(16)3-4-14(13)17/h3-4,9,12H,2,5-8,10,18H2,1H3. The summed E-state index contributed by atoms with van der Waals surface area (Å²) < 4.78 is 26.8. The molecule has 1 aliphatic heterocycles. The number of hydrogen-bond donors (Lipinski definition) is 1. The topological polar surface area (TPSA) is 49.6 Å². The average Bonchev–Trinajstić information content (AvgIpc) is 2.51. The summed E-state index contributed by atoms with van der Waals surface area (Å²) in [5.74, 6) is -1.74. The van der Waals surface area contributed by atoms with E-state index in [-0.39, 0.29) is 5.56 Å². The Balaban J connectivity index is 2.02. The van der Waals surface area contributed by atoms with Gasteiger partial charge in [0.2, 0.25) is 0 Å². The molecule has 116 valence electrons. The lowest BCUT2D eigenvalue weighted by atomic mass is 10.1. The van der Waals surface area contributed by atoms with Crippen molar-refractivity contribution in [1.29, 1.82) is 0 Å². The molecule has 1 unspecified atom stereocenters. The first-order valence-electron chi connectivity index (χ1n) is 7.25. The van der Waals surface area contributed by atoms with Crippen molar-refractivity contribution in [2.75, 3.05) is 32.7 Å². The molecular weight excluding hydrogens is 276 g/mol. The summed E-state index contributed by atoms with van der Waals surface area (Å²) in [4.78, 5) is 16.1. The molecule has 1 aromatic rings. The minimum absolute atomic E-state index is 0.200. The Hall–Kier alpha value is -1.53. The van der Waals surface area contributed by atoms with Crippen molar-refractivity contribution >= 4 is 5.91 Å². The molecule has 0 spiro atoms. The van der Waals surface area contributed by atoms with Gasteiger partial charge in [0.25, 0.3) is 5.91 Å². The van der Waals surface area contributed by atoms with E-state index in [2.05, 4.69) is 11.8 Å². The fraction of sp³-hybridized carbons (Fsp3) is 0.533. The van der Waals surface area contributed by atoms with Gasteiger partial charge in [-0.3, -0.25) is 9.69 Å². The van der Waals surface area contributed by atoms with Crippen LogP contribution in [-0.2, 0) is 0 Å². The van der Waals surface area contributed by atoms with Gasteiger partial charge in [-0.15, -0.1) is 0 Å². The zero-order valence-corrected chi connectivity index (χ0v) is 12.2. The fourth-order valence-corrected chi connectivity index (χ4v) is 2.70. The normalized spacial score (nSPS) is 17.8. The Bertz CT molecular complexity index is 498. The first kappa shape index (κ1) is 15.9. The van der Waals surface area contributed by atoms with Crippen LogP contribution in [0.3, 0.4) is 0 Å². The zero-order valence-electron chi connectivity index (χ0n) is 12.2. The molecule has 2 N–H and O–H groups in total. The minimum atomic E-state index is -0.683. The van der Waals surface area contributed by atoms with Crippen molar-refractivity contribution in [3.8, 4) is 0 Å². The molecule has 0 bridgehead atoms. The molecule has 0 saturated carbocycles. The second-order valence-corrected chi connectivity index (χ2v) is 5.25. The number of carbonyl (C=O) groups excluding carboxylic acids is 1. The molecule has 0 aromatic heterocycles. The maximum atomic E-state index is 13.6. The number of piperazine rings is 1. The van der Waals surface area contributed by atoms with Gasteiger partial charge in [0.15, 0.2) is 0 Å². The number of benzene rings is 1. The number of rotatable bonds is 4. The highest BCUT2D eigenvalue weighted by atomic mass is 19.1. The molecular formula is C15H21F2N3O. The van der Waals surface area contributed by atoms with Gasteiger partial charge in [-0.05, 0) is 24.6 Å². The van der Waals surface area contributed by atoms with Crippen LogP contribution in [0.15, 0.2) is 18.2 Å². The second-order valence-electron chi connectivity index (χ2n) is 5.25. The van der Waals surface area contributed by atoms with Crippen molar-refractivity contribution in [3.05, 3.63) is 35.4 Å². The van der Waals surface area contributed by atoms with Crippen molar-refractivity contribution in [2.24, 2.45) is 5.73 Å². The molecule has 1 aromatic carbocycles. The maximum Gasteiger partial charge on any atom is 0.257 e. The van der Waals surface area contributed by atoms with Gasteiger partial charge in [-0.1, -0.05) is 6.92 Å². The zero-order chi connectivity index (χ0) is 15.4. The van der Waals surface area contributed by atoms with E-state index < -0.39 is 17.5 Å². The van der Waals surface area contributed by atoms with Gasteiger partial charge < -0.3 is 10.6 Å². The van der Waals surface area contributed by atoms with Gasteiger partial charge in [0, 0.05) is 38.8 Å². The first-order valence-corrected chi connectivity index (χ1v) is 7.25. The highest BCUT2D eigenvalue weighted by Gasteiger charge is 2.26. The van der Waals surface area contributed by atoms with Gasteiger partial charge in [0.1, 0.15) is 11.6 Å². The van der Waals surface area contributed by atoms with Gasteiger partial charge in [-0.2, -0.15) is 0 Å². The molecule has 0 radical (unpaired) electrons.